The van der Waals surface area contributed by atoms with Crippen LogP contribution < -0.4 is 5.32 Å². The molecule has 0 saturated heterocycles. The van der Waals surface area contributed by atoms with E-state index in [-0.39, 0.29) is 17.4 Å². The van der Waals surface area contributed by atoms with Crippen LogP contribution in [-0.4, -0.2) is 31.3 Å². The Morgan fingerprint density at radius 2 is 2.22 bits per heavy atom. The van der Waals surface area contributed by atoms with Crippen LogP contribution in [0.1, 0.15) is 29.1 Å². The molecule has 0 spiro atoms. The molecule has 0 saturated carbocycles. The number of phenols is 2. The van der Waals surface area contributed by atoms with Crippen LogP contribution in [0.15, 0.2) is 24.5 Å². The molecular formula is C11H12N4O3. The number of hydrogen-bond donors (Lipinski definition) is 4. The third kappa shape index (κ3) is 2.24. The summed E-state index contributed by atoms with van der Waals surface area (Å²) >= 11 is 0. The van der Waals surface area contributed by atoms with E-state index in [1.807, 2.05) is 0 Å². The van der Waals surface area contributed by atoms with E-state index in [9.17, 15) is 15.0 Å². The summed E-state index contributed by atoms with van der Waals surface area (Å²) in [6.07, 6.45) is 1.34. The maximum absolute atomic E-state index is 11.9. The molecule has 0 fully saturated rings. The Morgan fingerprint density at radius 1 is 1.44 bits per heavy atom. The molecule has 1 heterocycles. The number of rotatable bonds is 3. The molecule has 1 amide bonds. The van der Waals surface area contributed by atoms with Gasteiger partial charge in [-0.3, -0.25) is 9.89 Å². The Kier molecular flexibility index (Phi) is 3.13. The average molecular weight is 248 g/mol. The van der Waals surface area contributed by atoms with Gasteiger partial charge in [0.05, 0.1) is 11.6 Å². The van der Waals surface area contributed by atoms with Gasteiger partial charge in [0.1, 0.15) is 12.2 Å². The maximum Gasteiger partial charge on any atom is 0.255 e. The van der Waals surface area contributed by atoms with Crippen LogP contribution in [0.5, 0.6) is 11.5 Å². The Morgan fingerprint density at radius 3 is 2.89 bits per heavy atom. The van der Waals surface area contributed by atoms with Crippen LogP contribution in [0, 0.1) is 0 Å². The smallest absolute Gasteiger partial charge is 0.255 e. The lowest BCUT2D eigenvalue weighted by molar-refractivity contribution is 0.0935. The van der Waals surface area contributed by atoms with Gasteiger partial charge in [-0.15, -0.1) is 0 Å². The number of nitrogens with one attached hydrogen (secondary N) is 2. The number of benzene rings is 1. The molecule has 0 radical (unpaired) electrons. The zero-order valence-corrected chi connectivity index (χ0v) is 9.58. The molecule has 0 aliphatic heterocycles. The van der Waals surface area contributed by atoms with E-state index in [1.54, 1.807) is 6.92 Å². The molecule has 18 heavy (non-hydrogen) atoms. The topological polar surface area (TPSA) is 111 Å². The minimum atomic E-state index is -0.507. The SMILES string of the molecule is CC(NC(=O)c1cccc(O)c1O)c1ncn[nH]1. The number of H-pyrrole nitrogens is 1. The second-order valence-corrected chi connectivity index (χ2v) is 3.74. The van der Waals surface area contributed by atoms with Gasteiger partial charge < -0.3 is 15.5 Å². The molecule has 0 aliphatic rings. The van der Waals surface area contributed by atoms with E-state index in [0.717, 1.165) is 0 Å². The fraction of sp³-hybridized carbons (Fsp3) is 0.182. The summed E-state index contributed by atoms with van der Waals surface area (Å²) in [5.41, 5.74) is 0.00126. The zero-order valence-electron chi connectivity index (χ0n) is 9.58. The quantitative estimate of drug-likeness (QED) is 0.598. The van der Waals surface area contributed by atoms with E-state index in [0.29, 0.717) is 5.82 Å². The Balaban J connectivity index is 2.15. The van der Waals surface area contributed by atoms with E-state index < -0.39 is 11.7 Å². The van der Waals surface area contributed by atoms with Crippen molar-refractivity contribution >= 4 is 5.91 Å². The molecule has 1 unspecified atom stereocenters. The van der Waals surface area contributed by atoms with Gasteiger partial charge in [0.15, 0.2) is 11.5 Å². The summed E-state index contributed by atoms with van der Waals surface area (Å²) in [5, 5.41) is 27.8. The number of aromatic amines is 1. The molecular weight excluding hydrogens is 236 g/mol. The maximum atomic E-state index is 11.9. The van der Waals surface area contributed by atoms with E-state index in [1.165, 1.54) is 24.5 Å². The number of nitrogens with zero attached hydrogens (tertiary/aromatic N) is 2. The number of carbonyl (C=O) groups is 1. The summed E-state index contributed by atoms with van der Waals surface area (Å²) in [4.78, 5) is 15.8. The fourth-order valence-corrected chi connectivity index (χ4v) is 1.48. The first kappa shape index (κ1) is 11.9. The third-order valence-corrected chi connectivity index (χ3v) is 2.45. The van der Waals surface area contributed by atoms with Crippen LogP contribution in [0.25, 0.3) is 0 Å². The molecule has 1 aromatic carbocycles. The first-order chi connectivity index (χ1) is 8.59. The van der Waals surface area contributed by atoms with Crippen molar-refractivity contribution in [1.29, 1.82) is 0 Å². The highest BCUT2D eigenvalue weighted by atomic mass is 16.3. The van der Waals surface area contributed by atoms with Crippen LogP contribution in [0.4, 0.5) is 0 Å². The Labute approximate surface area is 103 Å². The van der Waals surface area contributed by atoms with Gasteiger partial charge >= 0.3 is 0 Å². The van der Waals surface area contributed by atoms with Crippen molar-refractivity contribution in [3.05, 3.63) is 35.9 Å². The van der Waals surface area contributed by atoms with Gasteiger partial charge in [0, 0.05) is 0 Å². The molecule has 2 rings (SSSR count). The predicted molar refractivity (Wildman–Crippen MR) is 62.0 cm³/mol. The second kappa shape index (κ2) is 4.74. The molecule has 0 bridgehead atoms. The van der Waals surface area contributed by atoms with Gasteiger partial charge in [-0.2, -0.15) is 5.10 Å². The minimum absolute atomic E-state index is 0.00126. The van der Waals surface area contributed by atoms with E-state index in [2.05, 4.69) is 20.5 Å². The van der Waals surface area contributed by atoms with Gasteiger partial charge in [-0.05, 0) is 19.1 Å². The van der Waals surface area contributed by atoms with Crippen molar-refractivity contribution in [3.8, 4) is 11.5 Å². The van der Waals surface area contributed by atoms with E-state index >= 15 is 0 Å². The lowest BCUT2D eigenvalue weighted by Gasteiger charge is -2.12. The van der Waals surface area contributed by atoms with Crippen LogP contribution in [0.2, 0.25) is 0 Å². The predicted octanol–water partition coefficient (Wildman–Crippen LogP) is 0.707. The number of amides is 1. The average Bonchev–Trinajstić information content (AvgIpc) is 2.86. The zero-order chi connectivity index (χ0) is 13.1. The molecule has 7 heteroatoms. The van der Waals surface area contributed by atoms with Crippen molar-refractivity contribution in [3.63, 3.8) is 0 Å². The normalized spacial score (nSPS) is 12.1. The fourth-order valence-electron chi connectivity index (χ4n) is 1.48. The molecule has 0 aliphatic carbocycles. The van der Waals surface area contributed by atoms with Crippen LogP contribution in [-0.2, 0) is 0 Å². The highest BCUT2D eigenvalue weighted by Crippen LogP contribution is 2.28. The third-order valence-electron chi connectivity index (χ3n) is 2.45. The van der Waals surface area contributed by atoms with Crippen LogP contribution in [0.3, 0.4) is 0 Å². The van der Waals surface area contributed by atoms with Gasteiger partial charge in [0.25, 0.3) is 5.91 Å². The molecule has 2 aromatic rings. The summed E-state index contributed by atoms with van der Waals surface area (Å²) in [7, 11) is 0. The Bertz CT molecular complexity index is 553. The first-order valence-corrected chi connectivity index (χ1v) is 5.26. The number of carbonyl (C=O) groups excluding carboxylic acids is 1. The molecule has 94 valence electrons. The van der Waals surface area contributed by atoms with Gasteiger partial charge in [-0.25, -0.2) is 4.98 Å². The standard InChI is InChI=1S/C11H12N4O3/c1-6(10-12-5-13-15-10)14-11(18)7-3-2-4-8(16)9(7)17/h2-6,16-17H,1H3,(H,14,18)(H,12,13,15). The van der Waals surface area contributed by atoms with Crippen molar-refractivity contribution in [2.45, 2.75) is 13.0 Å². The minimum Gasteiger partial charge on any atom is -0.504 e. The molecule has 1 aromatic heterocycles. The van der Waals surface area contributed by atoms with Crippen molar-refractivity contribution in [2.75, 3.05) is 0 Å². The monoisotopic (exact) mass is 248 g/mol. The summed E-state index contributed by atoms with van der Waals surface area (Å²) < 4.78 is 0. The van der Waals surface area contributed by atoms with E-state index in [4.69, 9.17) is 0 Å². The number of phenolic OH excluding ortho intramolecular Hbond substituents is 2. The molecule has 1 atom stereocenters. The number of aromatic hydroxyl groups is 2. The molecule has 4 N–H and O–H groups in total. The molecule has 7 nitrogen and oxygen atoms in total. The summed E-state index contributed by atoms with van der Waals surface area (Å²) in [6, 6.07) is 3.80. The number of para-hydroxylation sites is 1. The van der Waals surface area contributed by atoms with Crippen molar-refractivity contribution in [1.82, 2.24) is 20.5 Å². The Hall–Kier alpha value is -2.57. The number of aromatic nitrogens is 3. The number of hydrogen-bond acceptors (Lipinski definition) is 5. The van der Waals surface area contributed by atoms with Crippen molar-refractivity contribution in [2.24, 2.45) is 0 Å². The highest BCUT2D eigenvalue weighted by Gasteiger charge is 2.17. The largest absolute Gasteiger partial charge is 0.504 e. The van der Waals surface area contributed by atoms with Gasteiger partial charge in [0.2, 0.25) is 0 Å². The lowest BCUT2D eigenvalue weighted by atomic mass is 10.1. The summed E-state index contributed by atoms with van der Waals surface area (Å²) in [5.74, 6) is -0.787. The summed E-state index contributed by atoms with van der Waals surface area (Å²) in [6.45, 7) is 1.72. The van der Waals surface area contributed by atoms with Crippen molar-refractivity contribution < 1.29 is 15.0 Å². The highest BCUT2D eigenvalue weighted by molar-refractivity contribution is 5.97. The van der Waals surface area contributed by atoms with Gasteiger partial charge in [-0.1, -0.05) is 6.07 Å². The van der Waals surface area contributed by atoms with Crippen LogP contribution >= 0.6 is 0 Å². The first-order valence-electron chi connectivity index (χ1n) is 5.26. The second-order valence-electron chi connectivity index (χ2n) is 3.74. The lowest BCUT2D eigenvalue weighted by Crippen LogP contribution is -2.27.